The van der Waals surface area contributed by atoms with E-state index in [0.29, 0.717) is 11.8 Å². The highest BCUT2D eigenvalue weighted by atomic mass is 32.2. The average molecular weight is 463 g/mol. The van der Waals surface area contributed by atoms with Gasteiger partial charge in [-0.3, -0.25) is 4.79 Å². The van der Waals surface area contributed by atoms with Gasteiger partial charge in [-0.2, -0.15) is 13.2 Å². The monoisotopic (exact) mass is 463 g/mol. The Labute approximate surface area is 175 Å². The summed E-state index contributed by atoms with van der Waals surface area (Å²) in [6, 6.07) is 5.96. The minimum absolute atomic E-state index is 0.0434. The Balaban J connectivity index is 1.76. The lowest BCUT2D eigenvalue weighted by atomic mass is 10.1. The van der Waals surface area contributed by atoms with E-state index < -0.39 is 49.8 Å². The second-order valence-corrected chi connectivity index (χ2v) is 8.62. The van der Waals surface area contributed by atoms with Crippen molar-refractivity contribution in [3.8, 4) is 0 Å². The third-order valence-electron chi connectivity index (χ3n) is 4.95. The minimum Gasteiger partial charge on any atom is -0.368 e. The summed E-state index contributed by atoms with van der Waals surface area (Å²) in [5.41, 5.74) is -1.24. The molecule has 12 heteroatoms. The van der Waals surface area contributed by atoms with E-state index in [1.807, 2.05) is 4.72 Å². The van der Waals surface area contributed by atoms with Crippen molar-refractivity contribution in [2.45, 2.75) is 11.1 Å². The number of hydrogen-bond acceptors (Lipinski definition) is 4. The van der Waals surface area contributed by atoms with Gasteiger partial charge in [-0.05, 0) is 43.4 Å². The lowest BCUT2D eigenvalue weighted by Crippen LogP contribution is -2.49. The van der Waals surface area contributed by atoms with Crippen LogP contribution in [0, 0.1) is 11.6 Å². The number of carbonyl (C=O) groups is 1. The lowest BCUT2D eigenvalue weighted by Gasteiger charge is -2.36. The highest BCUT2D eigenvalue weighted by Gasteiger charge is 2.32. The van der Waals surface area contributed by atoms with E-state index in [-0.39, 0.29) is 26.2 Å². The van der Waals surface area contributed by atoms with Crippen LogP contribution < -0.4 is 9.62 Å². The van der Waals surface area contributed by atoms with Gasteiger partial charge < -0.3 is 9.80 Å². The fourth-order valence-electron chi connectivity index (χ4n) is 3.23. The van der Waals surface area contributed by atoms with Crippen LogP contribution in [0.1, 0.15) is 15.9 Å². The fourth-order valence-corrected chi connectivity index (χ4v) is 4.04. The van der Waals surface area contributed by atoms with Crippen LogP contribution in [0.4, 0.5) is 27.6 Å². The van der Waals surface area contributed by atoms with Crippen molar-refractivity contribution in [3.05, 3.63) is 59.2 Å². The van der Waals surface area contributed by atoms with Gasteiger partial charge in [0.1, 0.15) is 16.3 Å². The molecule has 2 aromatic carbocycles. The summed E-state index contributed by atoms with van der Waals surface area (Å²) in [6.45, 7) is 0.521. The van der Waals surface area contributed by atoms with E-state index in [4.69, 9.17) is 0 Å². The molecule has 0 spiro atoms. The molecule has 1 aliphatic heterocycles. The van der Waals surface area contributed by atoms with Gasteiger partial charge in [0.05, 0.1) is 5.56 Å². The summed E-state index contributed by atoms with van der Waals surface area (Å²) < 4.78 is 92.7. The number of amides is 1. The largest absolute Gasteiger partial charge is 0.416 e. The molecule has 0 aliphatic carbocycles. The molecule has 1 aliphatic rings. The zero-order valence-corrected chi connectivity index (χ0v) is 17.0. The first kappa shape index (κ1) is 22.9. The number of nitrogens with zero attached hydrogens (tertiary/aromatic N) is 2. The molecule has 168 valence electrons. The predicted octanol–water partition coefficient (Wildman–Crippen LogP) is 2.85. The van der Waals surface area contributed by atoms with Crippen molar-refractivity contribution < 1.29 is 35.2 Å². The predicted molar refractivity (Wildman–Crippen MR) is 102 cm³/mol. The van der Waals surface area contributed by atoms with E-state index >= 15 is 0 Å². The van der Waals surface area contributed by atoms with Gasteiger partial charge in [-0.25, -0.2) is 21.9 Å². The molecule has 0 radical (unpaired) electrons. The summed E-state index contributed by atoms with van der Waals surface area (Å²) in [4.78, 5) is 14.7. The van der Waals surface area contributed by atoms with E-state index in [1.54, 1.807) is 4.90 Å². The molecule has 31 heavy (non-hydrogen) atoms. The summed E-state index contributed by atoms with van der Waals surface area (Å²) in [5, 5.41) is 0. The molecule has 0 aromatic heterocycles. The second-order valence-electron chi connectivity index (χ2n) is 6.77. The maximum absolute atomic E-state index is 14.7. The van der Waals surface area contributed by atoms with E-state index in [1.165, 1.54) is 12.1 Å². The van der Waals surface area contributed by atoms with Gasteiger partial charge in [0.15, 0.2) is 5.82 Å². The first-order chi connectivity index (χ1) is 14.5. The van der Waals surface area contributed by atoms with E-state index in [2.05, 4.69) is 0 Å². The van der Waals surface area contributed by atoms with Gasteiger partial charge in [-0.15, -0.1) is 0 Å². The first-order valence-electron chi connectivity index (χ1n) is 9.08. The highest BCUT2D eigenvalue weighted by Crippen LogP contribution is 2.31. The van der Waals surface area contributed by atoms with Crippen molar-refractivity contribution >= 4 is 21.6 Å². The number of carbonyl (C=O) groups excluding carboxylic acids is 1. The number of sulfonamides is 1. The van der Waals surface area contributed by atoms with Crippen LogP contribution >= 0.6 is 0 Å². The molecule has 1 heterocycles. The number of hydrogen-bond donors (Lipinski definition) is 1. The summed E-state index contributed by atoms with van der Waals surface area (Å²) in [6.07, 6.45) is -4.45. The summed E-state index contributed by atoms with van der Waals surface area (Å²) in [7, 11) is -3.19. The van der Waals surface area contributed by atoms with E-state index in [9.17, 15) is 35.2 Å². The maximum atomic E-state index is 14.7. The second kappa shape index (κ2) is 8.42. The number of halogens is 5. The Hall–Kier alpha value is -2.73. The molecular weight excluding hydrogens is 445 g/mol. The van der Waals surface area contributed by atoms with Crippen molar-refractivity contribution in [2.75, 3.05) is 38.1 Å². The zero-order valence-electron chi connectivity index (χ0n) is 16.2. The molecule has 0 bridgehead atoms. The average Bonchev–Trinajstić information content (AvgIpc) is 2.73. The Morgan fingerprint density at radius 3 is 2.06 bits per heavy atom. The Bertz CT molecular complexity index is 1080. The molecule has 3 rings (SSSR count). The van der Waals surface area contributed by atoms with Gasteiger partial charge in [0.25, 0.3) is 5.91 Å². The molecule has 1 N–H and O–H groups in total. The summed E-state index contributed by atoms with van der Waals surface area (Å²) in [5.74, 6) is -3.68. The summed E-state index contributed by atoms with van der Waals surface area (Å²) >= 11 is 0. The maximum Gasteiger partial charge on any atom is 0.416 e. The lowest BCUT2D eigenvalue weighted by molar-refractivity contribution is -0.137. The van der Waals surface area contributed by atoms with Gasteiger partial charge in [0.2, 0.25) is 10.0 Å². The third-order valence-corrected chi connectivity index (χ3v) is 6.39. The van der Waals surface area contributed by atoms with Crippen LogP contribution in [-0.4, -0.2) is 52.5 Å². The molecule has 1 fully saturated rings. The Morgan fingerprint density at radius 1 is 0.968 bits per heavy atom. The van der Waals surface area contributed by atoms with Crippen molar-refractivity contribution in [1.29, 1.82) is 0 Å². The highest BCUT2D eigenvalue weighted by molar-refractivity contribution is 7.89. The third kappa shape index (κ3) is 4.64. The standard InChI is InChI=1S/C19H18F5N3O3S/c1-25-31(29,30)15-7-6-14(20)16(17(15)21)18(28)27-10-8-26(9-11-27)13-4-2-12(3-5-13)19(22,23)24/h2-7,25H,8-11H2,1H3. The van der Waals surface area contributed by atoms with Crippen molar-refractivity contribution in [1.82, 2.24) is 9.62 Å². The van der Waals surface area contributed by atoms with Gasteiger partial charge in [0, 0.05) is 31.9 Å². The smallest absolute Gasteiger partial charge is 0.368 e. The SMILES string of the molecule is CNS(=O)(=O)c1ccc(F)c(C(=O)N2CCN(c3ccc(C(F)(F)F)cc3)CC2)c1F. The van der Waals surface area contributed by atoms with E-state index in [0.717, 1.165) is 30.1 Å². The van der Waals surface area contributed by atoms with Crippen LogP contribution in [0.15, 0.2) is 41.3 Å². The van der Waals surface area contributed by atoms with Crippen molar-refractivity contribution in [3.63, 3.8) is 0 Å². The molecule has 2 aromatic rings. The molecule has 1 saturated heterocycles. The minimum atomic E-state index is -4.45. The zero-order chi connectivity index (χ0) is 23.0. The number of benzene rings is 2. The number of alkyl halides is 3. The number of anilines is 1. The van der Waals surface area contributed by atoms with Crippen LogP contribution in [0.2, 0.25) is 0 Å². The van der Waals surface area contributed by atoms with Gasteiger partial charge >= 0.3 is 6.18 Å². The quantitative estimate of drug-likeness (QED) is 0.709. The normalized spacial score (nSPS) is 15.3. The first-order valence-corrected chi connectivity index (χ1v) is 10.6. The molecule has 6 nitrogen and oxygen atoms in total. The molecule has 0 atom stereocenters. The molecule has 0 saturated carbocycles. The number of nitrogens with one attached hydrogen (secondary N) is 1. The van der Waals surface area contributed by atoms with Crippen LogP contribution in [0.25, 0.3) is 0 Å². The Kier molecular flexibility index (Phi) is 6.23. The number of piperazine rings is 1. The topological polar surface area (TPSA) is 69.7 Å². The van der Waals surface area contributed by atoms with Gasteiger partial charge in [-0.1, -0.05) is 0 Å². The number of rotatable bonds is 4. The molecule has 0 unspecified atom stereocenters. The molecular formula is C19H18F5N3O3S. The van der Waals surface area contributed by atoms with Crippen LogP contribution in [0.3, 0.4) is 0 Å². The van der Waals surface area contributed by atoms with Crippen LogP contribution in [0.5, 0.6) is 0 Å². The van der Waals surface area contributed by atoms with Crippen molar-refractivity contribution in [2.24, 2.45) is 0 Å². The van der Waals surface area contributed by atoms with Crippen LogP contribution in [-0.2, 0) is 16.2 Å². The fraction of sp³-hybridized carbons (Fsp3) is 0.316. The molecule has 1 amide bonds. The Morgan fingerprint density at radius 2 is 1.55 bits per heavy atom.